The van der Waals surface area contributed by atoms with Gasteiger partial charge in [0.15, 0.2) is 0 Å². The Hall–Kier alpha value is -1.93. The first kappa shape index (κ1) is 15.6. The highest BCUT2D eigenvalue weighted by Gasteiger charge is 2.49. The minimum Gasteiger partial charge on any atom is -0.299 e. The van der Waals surface area contributed by atoms with Crippen molar-refractivity contribution in [2.45, 2.75) is 51.0 Å². The number of nitro benzene ring substituents is 1. The molecule has 1 aliphatic heterocycles. The maximum atomic E-state index is 11.3. The number of piperidine rings is 1. The normalized spacial score (nSPS) is 32.0. The molecule has 3 aliphatic rings. The van der Waals surface area contributed by atoms with Crippen molar-refractivity contribution < 1.29 is 4.92 Å². The van der Waals surface area contributed by atoms with Crippen LogP contribution < -0.4 is 0 Å². The summed E-state index contributed by atoms with van der Waals surface area (Å²) in [6, 6.07) is 5.96. The van der Waals surface area contributed by atoms with Crippen LogP contribution in [-0.4, -0.2) is 29.0 Å². The zero-order valence-corrected chi connectivity index (χ0v) is 14.3. The van der Waals surface area contributed by atoms with Crippen LogP contribution in [-0.2, 0) is 11.8 Å². The van der Waals surface area contributed by atoms with Crippen LogP contribution in [0.5, 0.6) is 0 Å². The number of likely N-dealkylation sites (tertiary alicyclic amines) is 1. The van der Waals surface area contributed by atoms with Gasteiger partial charge in [-0.15, -0.1) is 0 Å². The number of nitriles is 1. The van der Waals surface area contributed by atoms with Crippen molar-refractivity contribution in [2.24, 2.45) is 11.8 Å². The molecule has 0 amide bonds. The van der Waals surface area contributed by atoms with Gasteiger partial charge < -0.3 is 0 Å². The van der Waals surface area contributed by atoms with Crippen LogP contribution in [0.3, 0.4) is 0 Å². The Labute approximate surface area is 142 Å². The van der Waals surface area contributed by atoms with E-state index in [1.54, 1.807) is 12.1 Å². The number of hydrogen-bond donors (Lipinski definition) is 0. The topological polar surface area (TPSA) is 70.2 Å². The van der Waals surface area contributed by atoms with Crippen molar-refractivity contribution in [2.75, 3.05) is 13.1 Å². The van der Waals surface area contributed by atoms with Gasteiger partial charge in [-0.05, 0) is 66.7 Å². The van der Waals surface area contributed by atoms with Crippen LogP contribution in [0.1, 0.15) is 49.8 Å². The summed E-state index contributed by atoms with van der Waals surface area (Å²) in [5, 5.41) is 20.6. The molecule has 1 aromatic carbocycles. The van der Waals surface area contributed by atoms with Crippen LogP contribution in [0.4, 0.5) is 5.69 Å². The summed E-state index contributed by atoms with van der Waals surface area (Å²) in [5.74, 6) is 1.36. The lowest BCUT2D eigenvalue weighted by Crippen LogP contribution is -2.58. The zero-order valence-electron chi connectivity index (χ0n) is 14.3. The van der Waals surface area contributed by atoms with Gasteiger partial charge in [0.25, 0.3) is 5.69 Å². The molecule has 5 heteroatoms. The molecule has 3 atom stereocenters. The average molecular weight is 325 g/mol. The van der Waals surface area contributed by atoms with Crippen molar-refractivity contribution in [1.29, 1.82) is 5.26 Å². The SMILES string of the molecule is CC1[C@H]2Cc3cc([N+](=O)[O-])c(C#N)cc3[C@]1(C)CCN2CC1CC1. The third-order valence-electron chi connectivity index (χ3n) is 6.74. The highest BCUT2D eigenvalue weighted by molar-refractivity contribution is 5.56. The highest BCUT2D eigenvalue weighted by atomic mass is 16.6. The summed E-state index contributed by atoms with van der Waals surface area (Å²) in [5.41, 5.74) is 2.41. The van der Waals surface area contributed by atoms with Crippen molar-refractivity contribution >= 4 is 5.69 Å². The van der Waals surface area contributed by atoms with Crippen LogP contribution in [0.25, 0.3) is 0 Å². The molecule has 0 radical (unpaired) electrons. The molecule has 5 nitrogen and oxygen atoms in total. The van der Waals surface area contributed by atoms with Gasteiger partial charge in [0.1, 0.15) is 11.6 Å². The summed E-state index contributed by atoms with van der Waals surface area (Å²) >= 11 is 0. The minimum absolute atomic E-state index is 0.0129. The van der Waals surface area contributed by atoms with Gasteiger partial charge >= 0.3 is 0 Å². The summed E-state index contributed by atoms with van der Waals surface area (Å²) in [7, 11) is 0. The Morgan fingerprint density at radius 2 is 2.21 bits per heavy atom. The van der Waals surface area contributed by atoms with Crippen molar-refractivity contribution in [1.82, 2.24) is 4.90 Å². The molecule has 0 aromatic heterocycles. The zero-order chi connectivity index (χ0) is 17.1. The summed E-state index contributed by atoms with van der Waals surface area (Å²) in [6.07, 6.45) is 4.63. The number of benzene rings is 1. The second kappa shape index (κ2) is 5.29. The second-order valence-electron chi connectivity index (χ2n) is 8.06. The van der Waals surface area contributed by atoms with E-state index in [4.69, 9.17) is 0 Å². The lowest BCUT2D eigenvalue weighted by Gasteiger charge is -2.54. The molecule has 2 aliphatic carbocycles. The molecule has 126 valence electrons. The summed E-state index contributed by atoms with van der Waals surface area (Å²) in [6.45, 7) is 6.88. The van der Waals surface area contributed by atoms with Gasteiger partial charge in [-0.25, -0.2) is 0 Å². The Kier molecular flexibility index (Phi) is 3.43. The van der Waals surface area contributed by atoms with E-state index in [0.29, 0.717) is 12.0 Å². The fourth-order valence-corrected chi connectivity index (χ4v) is 4.85. The quantitative estimate of drug-likeness (QED) is 0.631. The Bertz CT molecular complexity index is 750. The van der Waals surface area contributed by atoms with Gasteiger partial charge in [0, 0.05) is 18.7 Å². The molecular weight excluding hydrogens is 302 g/mol. The van der Waals surface area contributed by atoms with Crippen LogP contribution in [0.15, 0.2) is 12.1 Å². The van der Waals surface area contributed by atoms with Crippen molar-refractivity contribution in [3.8, 4) is 6.07 Å². The maximum absolute atomic E-state index is 11.3. The average Bonchev–Trinajstić information content (AvgIpc) is 3.36. The van der Waals surface area contributed by atoms with Gasteiger partial charge in [0.2, 0.25) is 0 Å². The van der Waals surface area contributed by atoms with E-state index in [1.807, 2.05) is 6.07 Å². The first-order chi connectivity index (χ1) is 11.4. The largest absolute Gasteiger partial charge is 0.299 e. The van der Waals surface area contributed by atoms with Gasteiger partial charge in [-0.2, -0.15) is 5.26 Å². The van der Waals surface area contributed by atoms with E-state index in [1.165, 1.54) is 24.9 Å². The van der Waals surface area contributed by atoms with E-state index in [9.17, 15) is 15.4 Å². The standard InChI is InChI=1S/C19H23N3O2/c1-12-17-8-14-9-18(22(23)24)15(10-20)7-16(14)19(12,2)5-6-21(17)11-13-3-4-13/h7,9,12-13,17H,3-6,8,11H2,1-2H3/t12?,17-,19-/m1/s1. The minimum atomic E-state index is -0.420. The van der Waals surface area contributed by atoms with Crippen molar-refractivity contribution in [3.05, 3.63) is 38.9 Å². The van der Waals surface area contributed by atoms with Crippen molar-refractivity contribution in [3.63, 3.8) is 0 Å². The molecule has 24 heavy (non-hydrogen) atoms. The molecule has 2 fully saturated rings. The number of rotatable bonds is 3. The number of nitro groups is 1. The van der Waals surface area contributed by atoms with Crippen LogP contribution in [0, 0.1) is 33.3 Å². The number of fused-ring (bicyclic) bond motifs is 4. The lowest BCUT2D eigenvalue weighted by molar-refractivity contribution is -0.385. The molecule has 1 saturated carbocycles. The molecule has 1 heterocycles. The third kappa shape index (κ3) is 2.24. The monoisotopic (exact) mass is 325 g/mol. The fourth-order valence-electron chi connectivity index (χ4n) is 4.85. The first-order valence-electron chi connectivity index (χ1n) is 8.90. The summed E-state index contributed by atoms with van der Waals surface area (Å²) in [4.78, 5) is 13.5. The number of hydrogen-bond acceptors (Lipinski definition) is 4. The Balaban J connectivity index is 1.78. The molecule has 4 rings (SSSR count). The van der Waals surface area contributed by atoms with E-state index in [0.717, 1.165) is 30.9 Å². The van der Waals surface area contributed by atoms with Gasteiger partial charge in [-0.1, -0.05) is 13.8 Å². The maximum Gasteiger partial charge on any atom is 0.287 e. The van der Waals surface area contributed by atoms with Gasteiger partial charge in [-0.3, -0.25) is 15.0 Å². The predicted molar refractivity (Wildman–Crippen MR) is 90.7 cm³/mol. The highest BCUT2D eigenvalue weighted by Crippen LogP contribution is 2.50. The summed E-state index contributed by atoms with van der Waals surface area (Å²) < 4.78 is 0. The van der Waals surface area contributed by atoms with E-state index >= 15 is 0 Å². The van der Waals surface area contributed by atoms with Crippen LogP contribution >= 0.6 is 0 Å². The first-order valence-corrected chi connectivity index (χ1v) is 8.90. The Morgan fingerprint density at radius 1 is 1.46 bits per heavy atom. The molecule has 0 N–H and O–H groups in total. The Morgan fingerprint density at radius 3 is 2.83 bits per heavy atom. The van der Waals surface area contributed by atoms with E-state index < -0.39 is 4.92 Å². The predicted octanol–water partition coefficient (Wildman–Crippen LogP) is 3.40. The molecule has 0 spiro atoms. The fraction of sp³-hybridized carbons (Fsp3) is 0.632. The van der Waals surface area contributed by atoms with E-state index in [-0.39, 0.29) is 16.7 Å². The smallest absolute Gasteiger partial charge is 0.287 e. The number of nitrogens with zero attached hydrogens (tertiary/aromatic N) is 3. The lowest BCUT2D eigenvalue weighted by atomic mass is 9.58. The molecular formula is C19H23N3O2. The third-order valence-corrected chi connectivity index (χ3v) is 6.74. The molecule has 2 bridgehead atoms. The van der Waals surface area contributed by atoms with E-state index in [2.05, 4.69) is 18.7 Å². The van der Waals surface area contributed by atoms with Gasteiger partial charge in [0.05, 0.1) is 4.92 Å². The van der Waals surface area contributed by atoms with Crippen LogP contribution in [0.2, 0.25) is 0 Å². The second-order valence-corrected chi connectivity index (χ2v) is 8.06. The molecule has 1 unspecified atom stereocenters. The molecule has 1 saturated heterocycles. The molecule has 1 aromatic rings.